The van der Waals surface area contributed by atoms with Gasteiger partial charge in [0.05, 0.1) is 11.9 Å². The zero-order valence-corrected chi connectivity index (χ0v) is 13.2. The Kier molecular flexibility index (Phi) is 4.82. The van der Waals surface area contributed by atoms with E-state index in [9.17, 15) is 9.59 Å². The van der Waals surface area contributed by atoms with Gasteiger partial charge in [-0.2, -0.15) is 16.9 Å². The van der Waals surface area contributed by atoms with E-state index in [4.69, 9.17) is 0 Å². The summed E-state index contributed by atoms with van der Waals surface area (Å²) in [6.07, 6.45) is 3.09. The van der Waals surface area contributed by atoms with Gasteiger partial charge in [0.15, 0.2) is 0 Å². The summed E-state index contributed by atoms with van der Waals surface area (Å²) in [5.74, 6) is 1.94. The first kappa shape index (κ1) is 15.4. The summed E-state index contributed by atoms with van der Waals surface area (Å²) >= 11 is 1.86. The number of hydrogen-bond acceptors (Lipinski definition) is 4. The summed E-state index contributed by atoms with van der Waals surface area (Å²) in [5, 5.41) is 11.7. The smallest absolute Gasteiger partial charge is 0.323 e. The largest absolute Gasteiger partial charge is 0.337 e. The van der Waals surface area contributed by atoms with Crippen LogP contribution in [0.5, 0.6) is 0 Å². The SMILES string of the molecule is O=C(Nc1cn[nH]c1)Nc1cccc(C(=O)N2CCSCC2)c1. The van der Waals surface area contributed by atoms with E-state index in [0.29, 0.717) is 16.9 Å². The summed E-state index contributed by atoms with van der Waals surface area (Å²) in [4.78, 5) is 26.2. The summed E-state index contributed by atoms with van der Waals surface area (Å²) in [6.45, 7) is 1.53. The summed E-state index contributed by atoms with van der Waals surface area (Å²) in [6, 6.07) is 6.59. The number of urea groups is 1. The van der Waals surface area contributed by atoms with Gasteiger partial charge in [-0.3, -0.25) is 9.89 Å². The Hall–Kier alpha value is -2.48. The van der Waals surface area contributed by atoms with E-state index in [0.717, 1.165) is 24.6 Å². The fraction of sp³-hybridized carbons (Fsp3) is 0.267. The predicted molar refractivity (Wildman–Crippen MR) is 90.9 cm³/mol. The fourth-order valence-corrected chi connectivity index (χ4v) is 3.19. The Morgan fingerprint density at radius 1 is 1.17 bits per heavy atom. The molecule has 1 aliphatic rings. The van der Waals surface area contributed by atoms with Gasteiger partial charge in [-0.25, -0.2) is 4.79 Å². The Balaban J connectivity index is 1.64. The van der Waals surface area contributed by atoms with E-state index >= 15 is 0 Å². The molecule has 2 heterocycles. The van der Waals surface area contributed by atoms with Crippen LogP contribution in [-0.2, 0) is 0 Å². The molecule has 1 aromatic heterocycles. The molecule has 0 saturated carbocycles. The molecule has 1 saturated heterocycles. The van der Waals surface area contributed by atoms with Crippen molar-refractivity contribution in [3.05, 3.63) is 42.2 Å². The highest BCUT2D eigenvalue weighted by molar-refractivity contribution is 7.99. The lowest BCUT2D eigenvalue weighted by molar-refractivity contribution is 0.0772. The van der Waals surface area contributed by atoms with Crippen LogP contribution in [0.1, 0.15) is 10.4 Å². The number of aromatic amines is 1. The highest BCUT2D eigenvalue weighted by Crippen LogP contribution is 2.16. The van der Waals surface area contributed by atoms with Gasteiger partial charge in [-0.15, -0.1) is 0 Å². The molecule has 3 rings (SSSR count). The molecule has 3 N–H and O–H groups in total. The van der Waals surface area contributed by atoms with Crippen LogP contribution in [0.15, 0.2) is 36.7 Å². The monoisotopic (exact) mass is 331 g/mol. The molecule has 0 spiro atoms. The maximum absolute atomic E-state index is 12.5. The van der Waals surface area contributed by atoms with Crippen LogP contribution in [0.4, 0.5) is 16.2 Å². The number of benzene rings is 1. The first-order valence-electron chi connectivity index (χ1n) is 7.26. The van der Waals surface area contributed by atoms with Gasteiger partial charge < -0.3 is 15.5 Å². The molecule has 0 atom stereocenters. The summed E-state index contributed by atoms with van der Waals surface area (Å²) in [7, 11) is 0. The minimum absolute atomic E-state index is 0.00388. The van der Waals surface area contributed by atoms with Gasteiger partial charge in [-0.05, 0) is 18.2 Å². The minimum Gasteiger partial charge on any atom is -0.337 e. The molecular weight excluding hydrogens is 314 g/mol. The molecule has 0 unspecified atom stereocenters. The number of rotatable bonds is 3. The highest BCUT2D eigenvalue weighted by atomic mass is 32.2. The van der Waals surface area contributed by atoms with E-state index in [2.05, 4.69) is 20.8 Å². The average Bonchev–Trinajstić information content (AvgIpc) is 3.08. The minimum atomic E-state index is -0.384. The van der Waals surface area contributed by atoms with Crippen LogP contribution < -0.4 is 10.6 Å². The van der Waals surface area contributed by atoms with Crippen molar-refractivity contribution in [1.82, 2.24) is 15.1 Å². The molecule has 1 fully saturated rings. The van der Waals surface area contributed by atoms with Gasteiger partial charge in [0.1, 0.15) is 0 Å². The molecular formula is C15H17N5O2S. The first-order chi connectivity index (χ1) is 11.2. The maximum atomic E-state index is 12.5. The topological polar surface area (TPSA) is 90.1 Å². The molecule has 1 aliphatic heterocycles. The van der Waals surface area contributed by atoms with Crippen molar-refractivity contribution >= 4 is 35.1 Å². The molecule has 3 amide bonds. The lowest BCUT2D eigenvalue weighted by atomic mass is 10.1. The predicted octanol–water partition coefficient (Wildman–Crippen LogP) is 2.24. The van der Waals surface area contributed by atoms with Crippen molar-refractivity contribution in [2.24, 2.45) is 0 Å². The number of amides is 3. The van der Waals surface area contributed by atoms with Crippen LogP contribution in [0.25, 0.3) is 0 Å². The molecule has 23 heavy (non-hydrogen) atoms. The van der Waals surface area contributed by atoms with Gasteiger partial charge in [0, 0.05) is 42.0 Å². The van der Waals surface area contributed by atoms with E-state index in [1.54, 1.807) is 30.5 Å². The van der Waals surface area contributed by atoms with Crippen molar-refractivity contribution in [2.75, 3.05) is 35.2 Å². The summed E-state index contributed by atoms with van der Waals surface area (Å²) < 4.78 is 0. The van der Waals surface area contributed by atoms with Gasteiger partial charge in [0.2, 0.25) is 0 Å². The zero-order chi connectivity index (χ0) is 16.1. The fourth-order valence-electron chi connectivity index (χ4n) is 2.29. The van der Waals surface area contributed by atoms with Crippen molar-refractivity contribution in [1.29, 1.82) is 0 Å². The number of nitrogens with one attached hydrogen (secondary N) is 3. The Morgan fingerprint density at radius 3 is 2.70 bits per heavy atom. The van der Waals surface area contributed by atoms with Crippen LogP contribution in [0, 0.1) is 0 Å². The maximum Gasteiger partial charge on any atom is 0.323 e. The van der Waals surface area contributed by atoms with Crippen LogP contribution in [0.2, 0.25) is 0 Å². The number of thioether (sulfide) groups is 1. The van der Waals surface area contributed by atoms with E-state index in [1.807, 2.05) is 16.7 Å². The van der Waals surface area contributed by atoms with Crippen molar-refractivity contribution in [3.63, 3.8) is 0 Å². The summed E-state index contributed by atoms with van der Waals surface area (Å²) in [5.41, 5.74) is 1.72. The molecule has 0 radical (unpaired) electrons. The van der Waals surface area contributed by atoms with Crippen molar-refractivity contribution in [3.8, 4) is 0 Å². The molecule has 2 aromatic rings. The number of H-pyrrole nitrogens is 1. The van der Waals surface area contributed by atoms with E-state index < -0.39 is 0 Å². The van der Waals surface area contributed by atoms with Crippen LogP contribution >= 0.6 is 11.8 Å². The lowest BCUT2D eigenvalue weighted by Gasteiger charge is -2.26. The van der Waals surface area contributed by atoms with Gasteiger partial charge >= 0.3 is 6.03 Å². The number of carbonyl (C=O) groups is 2. The number of carbonyl (C=O) groups excluding carboxylic acids is 2. The first-order valence-corrected chi connectivity index (χ1v) is 8.42. The third-order valence-corrected chi connectivity index (χ3v) is 4.36. The second-order valence-electron chi connectivity index (χ2n) is 5.05. The Morgan fingerprint density at radius 2 is 1.96 bits per heavy atom. The number of hydrogen-bond donors (Lipinski definition) is 3. The molecule has 8 heteroatoms. The van der Waals surface area contributed by atoms with Crippen LogP contribution in [-0.4, -0.2) is 51.6 Å². The van der Waals surface area contributed by atoms with Crippen LogP contribution in [0.3, 0.4) is 0 Å². The lowest BCUT2D eigenvalue weighted by Crippen LogP contribution is -2.37. The van der Waals surface area contributed by atoms with Gasteiger partial charge in [0.25, 0.3) is 5.91 Å². The van der Waals surface area contributed by atoms with E-state index in [-0.39, 0.29) is 11.9 Å². The Labute approximate surface area is 137 Å². The highest BCUT2D eigenvalue weighted by Gasteiger charge is 2.18. The quantitative estimate of drug-likeness (QED) is 0.804. The second-order valence-corrected chi connectivity index (χ2v) is 6.28. The number of aromatic nitrogens is 2. The van der Waals surface area contributed by atoms with Gasteiger partial charge in [-0.1, -0.05) is 6.07 Å². The third kappa shape index (κ3) is 4.04. The Bertz CT molecular complexity index is 683. The zero-order valence-electron chi connectivity index (χ0n) is 12.4. The molecule has 120 valence electrons. The molecule has 7 nitrogen and oxygen atoms in total. The number of nitrogens with zero attached hydrogens (tertiary/aromatic N) is 2. The molecule has 1 aromatic carbocycles. The molecule has 0 bridgehead atoms. The molecule has 0 aliphatic carbocycles. The normalized spacial score (nSPS) is 14.3. The third-order valence-electron chi connectivity index (χ3n) is 3.42. The standard InChI is InChI=1S/C15H17N5O2S/c21-14(20-4-6-23-7-5-20)11-2-1-3-12(8-11)18-15(22)19-13-9-16-17-10-13/h1-3,8-10H,4-7H2,(H,16,17)(H2,18,19,22). The van der Waals surface area contributed by atoms with Crippen molar-refractivity contribution < 1.29 is 9.59 Å². The van der Waals surface area contributed by atoms with E-state index in [1.165, 1.54) is 6.20 Å². The number of anilines is 2. The average molecular weight is 331 g/mol. The van der Waals surface area contributed by atoms with Crippen molar-refractivity contribution in [2.45, 2.75) is 0 Å². The second kappa shape index (κ2) is 7.19.